The van der Waals surface area contributed by atoms with Gasteiger partial charge < -0.3 is 23.8 Å². The summed E-state index contributed by atoms with van der Waals surface area (Å²) in [5.74, 6) is 2.02. The molecule has 0 atom stereocenters. The van der Waals surface area contributed by atoms with Gasteiger partial charge in [-0.3, -0.25) is 0 Å². The zero-order valence-electron chi connectivity index (χ0n) is 21.9. The number of aryl methyl sites for hydroxylation is 1. The Morgan fingerprint density at radius 3 is 2.41 bits per heavy atom. The molecule has 3 aromatic heterocycles. The Balaban J connectivity index is 1.37. The van der Waals surface area contributed by atoms with E-state index in [9.17, 15) is 13.2 Å². The number of methoxy groups -OCH3 is 2. The SMILES string of the molecule is CCCc1cc2c(N3CCn4c(nnc4C(F)(F)F)C3)nc(N3CCc4cc(OC)c(OC)cc4C3)nc2s1. The van der Waals surface area contributed by atoms with E-state index in [1.165, 1.54) is 10.4 Å². The highest BCUT2D eigenvalue weighted by Crippen LogP contribution is 2.38. The smallest absolute Gasteiger partial charge is 0.451 e. The zero-order valence-corrected chi connectivity index (χ0v) is 22.7. The topological polar surface area (TPSA) is 81.4 Å². The van der Waals surface area contributed by atoms with Crippen LogP contribution in [0.4, 0.5) is 24.9 Å². The van der Waals surface area contributed by atoms with Crippen molar-refractivity contribution in [3.05, 3.63) is 45.9 Å². The molecule has 0 fully saturated rings. The van der Waals surface area contributed by atoms with E-state index in [-0.39, 0.29) is 18.9 Å². The number of anilines is 2. The Kier molecular flexibility index (Phi) is 6.48. The van der Waals surface area contributed by atoms with Crippen molar-refractivity contribution < 1.29 is 22.6 Å². The molecule has 9 nitrogen and oxygen atoms in total. The van der Waals surface area contributed by atoms with E-state index in [1.54, 1.807) is 25.6 Å². The number of hydrogen-bond acceptors (Lipinski definition) is 9. The van der Waals surface area contributed by atoms with Gasteiger partial charge >= 0.3 is 6.18 Å². The number of fused-ring (bicyclic) bond motifs is 3. The van der Waals surface area contributed by atoms with Crippen molar-refractivity contribution in [3.8, 4) is 11.5 Å². The third-order valence-electron chi connectivity index (χ3n) is 7.22. The lowest BCUT2D eigenvalue weighted by Crippen LogP contribution is -2.37. The van der Waals surface area contributed by atoms with Gasteiger partial charge in [0.2, 0.25) is 11.8 Å². The minimum absolute atomic E-state index is 0.128. The van der Waals surface area contributed by atoms with E-state index in [1.807, 2.05) is 17.0 Å². The highest BCUT2D eigenvalue weighted by molar-refractivity contribution is 7.18. The predicted molar refractivity (Wildman–Crippen MR) is 142 cm³/mol. The fraction of sp³-hybridized carbons (Fsp3) is 0.462. The van der Waals surface area contributed by atoms with Crippen LogP contribution in [0.25, 0.3) is 10.2 Å². The summed E-state index contributed by atoms with van der Waals surface area (Å²) in [6.45, 7) is 4.14. The van der Waals surface area contributed by atoms with Crippen molar-refractivity contribution in [2.75, 3.05) is 37.1 Å². The molecule has 4 aromatic rings. The first-order valence-corrected chi connectivity index (χ1v) is 13.6. The highest BCUT2D eigenvalue weighted by Gasteiger charge is 2.40. The van der Waals surface area contributed by atoms with Gasteiger partial charge in [-0.1, -0.05) is 13.3 Å². The number of rotatable bonds is 6. The third kappa shape index (κ3) is 4.62. The molecule has 39 heavy (non-hydrogen) atoms. The molecule has 0 amide bonds. The largest absolute Gasteiger partial charge is 0.493 e. The fourth-order valence-corrected chi connectivity index (χ4v) is 6.42. The highest BCUT2D eigenvalue weighted by atomic mass is 32.1. The maximum atomic E-state index is 13.4. The molecule has 5 heterocycles. The van der Waals surface area contributed by atoms with Gasteiger partial charge in [0.05, 0.1) is 26.2 Å². The third-order valence-corrected chi connectivity index (χ3v) is 8.30. The van der Waals surface area contributed by atoms with E-state index in [4.69, 9.17) is 19.4 Å². The first kappa shape index (κ1) is 25.7. The normalized spacial score (nSPS) is 15.4. The minimum atomic E-state index is -4.54. The van der Waals surface area contributed by atoms with Gasteiger partial charge in [-0.05, 0) is 42.2 Å². The number of nitrogens with zero attached hydrogens (tertiary/aromatic N) is 7. The molecule has 2 aliphatic rings. The predicted octanol–water partition coefficient (Wildman–Crippen LogP) is 4.85. The van der Waals surface area contributed by atoms with Crippen LogP contribution >= 0.6 is 11.3 Å². The zero-order chi connectivity index (χ0) is 27.3. The van der Waals surface area contributed by atoms with Crippen LogP contribution in [0.5, 0.6) is 11.5 Å². The summed E-state index contributed by atoms with van der Waals surface area (Å²) in [7, 11) is 3.25. The number of benzene rings is 1. The van der Waals surface area contributed by atoms with Crippen molar-refractivity contribution in [3.63, 3.8) is 0 Å². The molecule has 1 aromatic carbocycles. The van der Waals surface area contributed by atoms with Crippen LogP contribution in [0.3, 0.4) is 0 Å². The Morgan fingerprint density at radius 1 is 0.923 bits per heavy atom. The number of alkyl halides is 3. The van der Waals surface area contributed by atoms with E-state index >= 15 is 0 Å². The van der Waals surface area contributed by atoms with Crippen LogP contribution in [0.2, 0.25) is 0 Å². The second-order valence-corrected chi connectivity index (χ2v) is 10.8. The van der Waals surface area contributed by atoms with Gasteiger partial charge in [0.1, 0.15) is 10.6 Å². The summed E-state index contributed by atoms with van der Waals surface area (Å²) in [5.41, 5.74) is 2.31. The van der Waals surface area contributed by atoms with Crippen LogP contribution in [0.1, 0.15) is 41.0 Å². The maximum absolute atomic E-state index is 13.4. The number of thiophene rings is 1. The number of halogens is 3. The molecule has 0 spiro atoms. The van der Waals surface area contributed by atoms with Crippen LogP contribution in [-0.4, -0.2) is 52.0 Å². The lowest BCUT2D eigenvalue weighted by Gasteiger charge is -2.32. The second-order valence-electron chi connectivity index (χ2n) is 9.69. The Morgan fingerprint density at radius 2 is 1.69 bits per heavy atom. The van der Waals surface area contributed by atoms with Crippen molar-refractivity contribution in [1.82, 2.24) is 24.7 Å². The van der Waals surface area contributed by atoms with Gasteiger partial charge in [0.15, 0.2) is 17.3 Å². The average Bonchev–Trinajstić information content (AvgIpc) is 3.55. The number of ether oxygens (including phenoxy) is 2. The molecular weight excluding hydrogens is 531 g/mol. The summed E-state index contributed by atoms with van der Waals surface area (Å²) in [5, 5.41) is 8.21. The lowest BCUT2D eigenvalue weighted by atomic mass is 9.99. The first-order valence-electron chi connectivity index (χ1n) is 12.8. The van der Waals surface area contributed by atoms with Gasteiger partial charge in [-0.15, -0.1) is 21.5 Å². The monoisotopic (exact) mass is 559 g/mol. The lowest BCUT2D eigenvalue weighted by molar-refractivity contribution is -0.147. The molecule has 2 aliphatic heterocycles. The summed E-state index contributed by atoms with van der Waals surface area (Å²) in [6, 6.07) is 6.14. The molecule has 206 valence electrons. The molecule has 0 aliphatic carbocycles. The molecule has 6 rings (SSSR count). The summed E-state index contributed by atoms with van der Waals surface area (Å²) >= 11 is 1.64. The standard InChI is InChI=1S/C26H28F3N7O2S/c1-4-5-17-12-18-22(34-8-9-36-21(14-34)32-33-24(36)26(27,28)29)30-25(31-23(18)39-17)35-7-6-15-10-19(37-2)20(38-3)11-16(15)13-35/h10-12H,4-9,13-14H2,1-3H3. The van der Waals surface area contributed by atoms with E-state index in [0.717, 1.165) is 52.0 Å². The van der Waals surface area contributed by atoms with Gasteiger partial charge in [-0.25, -0.2) is 4.98 Å². The summed E-state index contributed by atoms with van der Waals surface area (Å²) < 4.78 is 52.3. The molecule has 0 radical (unpaired) electrons. The van der Waals surface area contributed by atoms with E-state index < -0.39 is 12.0 Å². The van der Waals surface area contributed by atoms with Crippen molar-refractivity contribution >= 4 is 33.3 Å². The van der Waals surface area contributed by atoms with Crippen LogP contribution in [-0.2, 0) is 38.7 Å². The Hall–Kier alpha value is -3.61. The molecule has 13 heteroatoms. The molecule has 0 unspecified atom stereocenters. The number of aromatic nitrogens is 5. The molecule has 0 saturated heterocycles. The Labute approximate surface area is 227 Å². The average molecular weight is 560 g/mol. The summed E-state index contributed by atoms with van der Waals surface area (Å²) in [4.78, 5) is 16.2. The van der Waals surface area contributed by atoms with Gasteiger partial charge in [0, 0.05) is 31.1 Å². The number of hydrogen-bond donors (Lipinski definition) is 0. The van der Waals surface area contributed by atoms with Gasteiger partial charge in [0.25, 0.3) is 0 Å². The van der Waals surface area contributed by atoms with Crippen LogP contribution in [0, 0.1) is 0 Å². The Bertz CT molecular complexity index is 1530. The quantitative estimate of drug-likeness (QED) is 0.332. The molecule has 0 N–H and O–H groups in total. The second kappa shape index (κ2) is 9.85. The van der Waals surface area contributed by atoms with Crippen molar-refractivity contribution in [2.45, 2.75) is 52.0 Å². The van der Waals surface area contributed by atoms with Crippen molar-refractivity contribution in [2.24, 2.45) is 0 Å². The van der Waals surface area contributed by atoms with Crippen LogP contribution in [0.15, 0.2) is 18.2 Å². The van der Waals surface area contributed by atoms with Crippen molar-refractivity contribution in [1.29, 1.82) is 0 Å². The first-order chi connectivity index (χ1) is 18.8. The fourth-order valence-electron chi connectivity index (χ4n) is 5.30. The molecule has 0 bridgehead atoms. The minimum Gasteiger partial charge on any atom is -0.493 e. The molecule has 0 saturated carbocycles. The van der Waals surface area contributed by atoms with E-state index in [0.29, 0.717) is 30.5 Å². The summed E-state index contributed by atoms with van der Waals surface area (Å²) in [6.07, 6.45) is -1.81. The molecular formula is C26H28F3N7O2S. The van der Waals surface area contributed by atoms with Crippen LogP contribution < -0.4 is 19.3 Å². The van der Waals surface area contributed by atoms with E-state index in [2.05, 4.69) is 28.1 Å². The van der Waals surface area contributed by atoms with Gasteiger partial charge in [-0.2, -0.15) is 18.2 Å². The maximum Gasteiger partial charge on any atom is 0.451 e.